The van der Waals surface area contributed by atoms with E-state index in [4.69, 9.17) is 9.47 Å². The Kier molecular flexibility index (Phi) is 5.19. The van der Waals surface area contributed by atoms with Gasteiger partial charge in [0.25, 0.3) is 0 Å². The van der Waals surface area contributed by atoms with Crippen molar-refractivity contribution in [2.24, 2.45) is 0 Å². The van der Waals surface area contributed by atoms with Gasteiger partial charge in [-0.05, 0) is 74.5 Å². The number of hydrogen-bond acceptors (Lipinski definition) is 5. The molecule has 1 aliphatic carbocycles. The molecule has 164 valence electrons. The van der Waals surface area contributed by atoms with Crippen molar-refractivity contribution in [3.63, 3.8) is 0 Å². The van der Waals surface area contributed by atoms with E-state index in [1.54, 1.807) is 30.7 Å². The van der Waals surface area contributed by atoms with Crippen molar-refractivity contribution < 1.29 is 18.5 Å². The molecule has 8 heteroatoms. The summed E-state index contributed by atoms with van der Waals surface area (Å²) in [4.78, 5) is 18.2. The van der Waals surface area contributed by atoms with Gasteiger partial charge in [-0.1, -0.05) is 18.2 Å². The van der Waals surface area contributed by atoms with Crippen molar-refractivity contribution in [1.82, 2.24) is 9.29 Å². The predicted octanol–water partition coefficient (Wildman–Crippen LogP) is 3.73. The molecule has 1 atom stereocenters. The highest BCUT2D eigenvalue weighted by Gasteiger charge is 2.51. The Morgan fingerprint density at radius 3 is 2.38 bits per heavy atom. The van der Waals surface area contributed by atoms with E-state index in [9.17, 15) is 9.00 Å². The van der Waals surface area contributed by atoms with E-state index in [1.165, 1.54) is 0 Å². The second kappa shape index (κ2) is 8.03. The second-order valence-corrected chi connectivity index (χ2v) is 9.82. The molecule has 0 saturated heterocycles. The molecule has 0 radical (unpaired) electrons. The minimum atomic E-state index is -1.17. The summed E-state index contributed by atoms with van der Waals surface area (Å²) in [5, 5.41) is 2.96. The van der Waals surface area contributed by atoms with Gasteiger partial charge < -0.3 is 14.8 Å². The molecule has 3 aromatic rings. The maximum Gasteiger partial charge on any atom is 0.236 e. The Morgan fingerprint density at radius 1 is 1.00 bits per heavy atom. The van der Waals surface area contributed by atoms with Gasteiger partial charge in [0.1, 0.15) is 16.8 Å². The Hall–Kier alpha value is -3.23. The van der Waals surface area contributed by atoms with Crippen molar-refractivity contribution in [3.8, 4) is 22.6 Å². The number of pyridine rings is 1. The number of anilines is 1. The van der Waals surface area contributed by atoms with E-state index in [2.05, 4.69) is 10.3 Å². The standard InChI is InChI=1S/C24H23N3O4S/c1-27(2)32(29)19-7-3-16(4-8-19)17-5-10-22(25-14-17)26-23(28)24(11-12-24)18-6-9-20-21(13-18)31-15-30-20/h3-10,13-14H,11-12,15H2,1-2H3,(H,25,26,28). The highest BCUT2D eigenvalue weighted by molar-refractivity contribution is 7.82. The zero-order valence-corrected chi connectivity index (χ0v) is 18.6. The van der Waals surface area contributed by atoms with E-state index in [1.807, 2.05) is 48.5 Å². The summed E-state index contributed by atoms with van der Waals surface area (Å²) < 4.78 is 24.6. The third kappa shape index (κ3) is 3.76. The minimum Gasteiger partial charge on any atom is -0.454 e. The molecule has 1 saturated carbocycles. The number of nitrogens with one attached hydrogen (secondary N) is 1. The number of hydrogen-bond donors (Lipinski definition) is 1. The van der Waals surface area contributed by atoms with Gasteiger partial charge in [0, 0.05) is 11.8 Å². The average molecular weight is 450 g/mol. The predicted molar refractivity (Wildman–Crippen MR) is 122 cm³/mol. The lowest BCUT2D eigenvalue weighted by Crippen LogP contribution is -2.28. The SMILES string of the molecule is CN(C)S(=O)c1ccc(-c2ccc(NC(=O)C3(c4ccc5c(c4)OCO5)CC3)nc2)cc1. The lowest BCUT2D eigenvalue weighted by Gasteiger charge is -2.16. The van der Waals surface area contributed by atoms with Crippen LogP contribution in [-0.4, -0.2) is 40.3 Å². The van der Waals surface area contributed by atoms with Crippen molar-refractivity contribution in [2.45, 2.75) is 23.2 Å². The van der Waals surface area contributed by atoms with Gasteiger partial charge >= 0.3 is 0 Å². The largest absolute Gasteiger partial charge is 0.454 e. The van der Waals surface area contributed by atoms with Crippen LogP contribution in [0.1, 0.15) is 18.4 Å². The van der Waals surface area contributed by atoms with Crippen LogP contribution in [0.2, 0.25) is 0 Å². The molecule has 5 rings (SSSR count). The number of rotatable bonds is 6. The van der Waals surface area contributed by atoms with E-state index in [0.29, 0.717) is 17.3 Å². The Morgan fingerprint density at radius 2 is 1.72 bits per heavy atom. The van der Waals surface area contributed by atoms with Gasteiger partial charge in [-0.2, -0.15) is 0 Å². The minimum absolute atomic E-state index is 0.0628. The first-order valence-electron chi connectivity index (χ1n) is 10.3. The molecule has 2 aliphatic rings. The summed E-state index contributed by atoms with van der Waals surface area (Å²) in [5.41, 5.74) is 2.28. The smallest absolute Gasteiger partial charge is 0.236 e. The highest BCUT2D eigenvalue weighted by atomic mass is 32.2. The molecular weight excluding hydrogens is 426 g/mol. The molecule has 2 aromatic carbocycles. The van der Waals surface area contributed by atoms with E-state index in [0.717, 1.165) is 34.4 Å². The monoisotopic (exact) mass is 449 g/mol. The maximum atomic E-state index is 13.1. The van der Waals surface area contributed by atoms with Gasteiger partial charge in [-0.15, -0.1) is 0 Å². The van der Waals surface area contributed by atoms with Crippen molar-refractivity contribution in [3.05, 3.63) is 66.4 Å². The van der Waals surface area contributed by atoms with Gasteiger partial charge in [0.15, 0.2) is 11.5 Å². The molecule has 0 bridgehead atoms. The van der Waals surface area contributed by atoms with E-state index < -0.39 is 16.4 Å². The summed E-state index contributed by atoms with van der Waals surface area (Å²) in [6.07, 6.45) is 3.31. The quantitative estimate of drug-likeness (QED) is 0.620. The molecule has 1 unspecified atom stereocenters. The first-order chi connectivity index (χ1) is 15.5. The number of fused-ring (bicyclic) bond motifs is 1. The number of carbonyl (C=O) groups excluding carboxylic acids is 1. The average Bonchev–Trinajstić information content (AvgIpc) is 3.50. The molecule has 1 aromatic heterocycles. The Bertz CT molecular complexity index is 1190. The van der Waals surface area contributed by atoms with Crippen LogP contribution in [-0.2, 0) is 21.2 Å². The lowest BCUT2D eigenvalue weighted by atomic mass is 9.94. The van der Waals surface area contributed by atoms with Crippen molar-refractivity contribution in [1.29, 1.82) is 0 Å². The van der Waals surface area contributed by atoms with Crippen LogP contribution in [0, 0.1) is 0 Å². The first-order valence-corrected chi connectivity index (χ1v) is 11.4. The summed E-state index contributed by atoms with van der Waals surface area (Å²) >= 11 is 0. The van der Waals surface area contributed by atoms with E-state index in [-0.39, 0.29) is 12.7 Å². The fourth-order valence-corrected chi connectivity index (χ4v) is 4.61. The van der Waals surface area contributed by atoms with Crippen LogP contribution in [0.3, 0.4) is 0 Å². The first kappa shape index (κ1) is 20.7. The normalized spacial score (nSPS) is 16.6. The number of amides is 1. The van der Waals surface area contributed by atoms with Gasteiger partial charge in [0.2, 0.25) is 12.7 Å². The zero-order chi connectivity index (χ0) is 22.3. The Balaban J connectivity index is 1.29. The number of nitrogens with zero attached hydrogens (tertiary/aromatic N) is 2. The van der Waals surface area contributed by atoms with E-state index >= 15 is 0 Å². The van der Waals surface area contributed by atoms with Gasteiger partial charge in [0.05, 0.1) is 10.3 Å². The molecule has 1 aliphatic heterocycles. The summed E-state index contributed by atoms with van der Waals surface area (Å²) in [5.74, 6) is 1.84. The van der Waals surface area contributed by atoms with Crippen molar-refractivity contribution >= 4 is 22.7 Å². The second-order valence-electron chi connectivity index (χ2n) is 8.12. The molecule has 1 amide bonds. The van der Waals surface area contributed by atoms with Crippen LogP contribution in [0.4, 0.5) is 5.82 Å². The fourth-order valence-electron chi connectivity index (χ4n) is 3.82. The summed E-state index contributed by atoms with van der Waals surface area (Å²) in [7, 11) is 2.38. The van der Waals surface area contributed by atoms with Crippen LogP contribution in [0.15, 0.2) is 65.7 Å². The molecular formula is C24H23N3O4S. The van der Waals surface area contributed by atoms with Crippen LogP contribution in [0.5, 0.6) is 11.5 Å². The number of benzene rings is 2. The molecule has 1 N–H and O–H groups in total. The number of ether oxygens (including phenoxy) is 2. The molecule has 7 nitrogen and oxygen atoms in total. The van der Waals surface area contributed by atoms with Crippen LogP contribution >= 0.6 is 0 Å². The van der Waals surface area contributed by atoms with Crippen molar-refractivity contribution in [2.75, 3.05) is 26.2 Å². The lowest BCUT2D eigenvalue weighted by molar-refractivity contribution is -0.118. The molecule has 32 heavy (non-hydrogen) atoms. The zero-order valence-electron chi connectivity index (χ0n) is 17.8. The van der Waals surface area contributed by atoms with Crippen LogP contribution < -0.4 is 14.8 Å². The number of carbonyl (C=O) groups is 1. The van der Waals surface area contributed by atoms with Gasteiger partial charge in [-0.3, -0.25) is 4.79 Å². The molecule has 1 fully saturated rings. The summed E-state index contributed by atoms with van der Waals surface area (Å²) in [6.45, 7) is 0.213. The fraction of sp³-hybridized carbons (Fsp3) is 0.250. The molecule has 2 heterocycles. The maximum absolute atomic E-state index is 13.1. The third-order valence-corrected chi connectivity index (χ3v) is 7.17. The molecule has 0 spiro atoms. The topological polar surface area (TPSA) is 80.8 Å². The summed E-state index contributed by atoms with van der Waals surface area (Å²) in [6, 6.07) is 17.0. The third-order valence-electron chi connectivity index (χ3n) is 5.84. The number of aromatic nitrogens is 1. The highest BCUT2D eigenvalue weighted by Crippen LogP contribution is 2.51. The van der Waals surface area contributed by atoms with Gasteiger partial charge in [-0.25, -0.2) is 13.5 Å². The Labute approximate surface area is 189 Å². The van der Waals surface area contributed by atoms with Crippen LogP contribution in [0.25, 0.3) is 11.1 Å².